The third-order valence-corrected chi connectivity index (χ3v) is 7.00. The fourth-order valence-electron chi connectivity index (χ4n) is 3.84. The van der Waals surface area contributed by atoms with Crippen LogP contribution < -0.4 is 5.19 Å². The molecule has 6 heteroatoms. The van der Waals surface area contributed by atoms with Gasteiger partial charge in [-0.2, -0.15) is 0 Å². The molecule has 1 aromatic rings. The SMILES string of the molecule is C[Si](C)(C)c1cccc(C=NC2CC3CCC2C3)c1O.[Cl][Zr][Cl]. The van der Waals surface area contributed by atoms with Gasteiger partial charge in [-0.25, -0.2) is 0 Å². The number of aromatic hydroxyl groups is 1. The van der Waals surface area contributed by atoms with E-state index in [9.17, 15) is 5.11 Å². The van der Waals surface area contributed by atoms with Crippen LogP contribution in [0.25, 0.3) is 0 Å². The van der Waals surface area contributed by atoms with E-state index < -0.39 is 28.9 Å². The van der Waals surface area contributed by atoms with Crippen LogP contribution in [0.1, 0.15) is 31.2 Å². The number of fused-ring (bicyclic) bond motifs is 2. The first kappa shape index (κ1) is 19.7. The van der Waals surface area contributed by atoms with E-state index in [1.807, 2.05) is 12.3 Å². The van der Waals surface area contributed by atoms with Crippen LogP contribution in [0.5, 0.6) is 5.75 Å². The number of hydrogen-bond acceptors (Lipinski definition) is 2. The van der Waals surface area contributed by atoms with E-state index in [4.69, 9.17) is 22.0 Å². The molecule has 126 valence electrons. The van der Waals surface area contributed by atoms with Gasteiger partial charge in [0.25, 0.3) is 0 Å². The van der Waals surface area contributed by atoms with Crippen molar-refractivity contribution in [3.05, 3.63) is 23.8 Å². The van der Waals surface area contributed by atoms with Gasteiger partial charge in [-0.1, -0.05) is 38.2 Å². The monoisotopic (exact) mass is 447 g/mol. The molecule has 3 rings (SSSR count). The zero-order valence-electron chi connectivity index (χ0n) is 14.0. The summed E-state index contributed by atoms with van der Waals surface area (Å²) in [5.74, 6) is 2.18. The summed E-state index contributed by atoms with van der Waals surface area (Å²) in [7, 11) is 8.37. The normalized spacial score (nSPS) is 26.2. The van der Waals surface area contributed by atoms with E-state index >= 15 is 0 Å². The van der Waals surface area contributed by atoms with Crippen molar-refractivity contribution in [2.45, 2.75) is 51.4 Å². The average Bonchev–Trinajstić information content (AvgIpc) is 3.08. The first-order valence-electron chi connectivity index (χ1n) is 8.18. The van der Waals surface area contributed by atoms with E-state index in [1.165, 1.54) is 25.7 Å². The Morgan fingerprint density at radius 1 is 1.22 bits per heavy atom. The second kappa shape index (κ2) is 8.65. The van der Waals surface area contributed by atoms with Crippen LogP contribution in [0.2, 0.25) is 19.6 Å². The van der Waals surface area contributed by atoms with Crippen LogP contribution in [-0.4, -0.2) is 25.4 Å². The number of halogens is 2. The summed E-state index contributed by atoms with van der Waals surface area (Å²) in [6.45, 7) is 6.79. The molecule has 0 saturated heterocycles. The Morgan fingerprint density at radius 2 is 1.91 bits per heavy atom. The van der Waals surface area contributed by atoms with Crippen molar-refractivity contribution in [1.29, 1.82) is 0 Å². The average molecular weight is 450 g/mol. The van der Waals surface area contributed by atoms with Gasteiger partial charge in [0.2, 0.25) is 0 Å². The summed E-state index contributed by atoms with van der Waals surface area (Å²) in [5.41, 5.74) is 0.896. The second-order valence-electron chi connectivity index (χ2n) is 7.59. The standard InChI is InChI=1S/C17H25NOSi.2ClH.Zr/c1-20(2,3)16-6-4-5-14(17(16)19)11-18-15-10-12-7-8-13(15)9-12;;;/h4-6,11-13,15,19H,7-10H2,1-3H3;2*1H;/q;;;+2/p-2. The molecular weight excluding hydrogens is 424 g/mol. The van der Waals surface area contributed by atoms with Gasteiger partial charge in [0.1, 0.15) is 5.75 Å². The molecule has 0 spiro atoms. The maximum atomic E-state index is 10.5. The number of phenols is 1. The molecular formula is C17H25Cl2NOSiZr. The fraction of sp³-hybridized carbons (Fsp3) is 0.588. The van der Waals surface area contributed by atoms with Gasteiger partial charge in [0, 0.05) is 11.8 Å². The molecule has 1 N–H and O–H groups in total. The first-order valence-corrected chi connectivity index (χ1v) is 18.0. The summed E-state index contributed by atoms with van der Waals surface area (Å²) in [6, 6.07) is 6.60. The summed E-state index contributed by atoms with van der Waals surface area (Å²) in [5, 5.41) is 11.6. The van der Waals surface area contributed by atoms with Crippen molar-refractivity contribution < 1.29 is 26.0 Å². The number of benzene rings is 1. The van der Waals surface area contributed by atoms with Crippen molar-refractivity contribution in [2.24, 2.45) is 16.8 Å². The molecule has 1 aromatic carbocycles. The van der Waals surface area contributed by atoms with Crippen molar-refractivity contribution >= 4 is 36.5 Å². The van der Waals surface area contributed by atoms with Gasteiger partial charge in [-0.05, 0) is 42.4 Å². The zero-order chi connectivity index (χ0) is 17.0. The van der Waals surface area contributed by atoms with E-state index in [1.54, 1.807) is 0 Å². The first-order chi connectivity index (χ1) is 10.9. The second-order valence-corrected chi connectivity index (χ2v) is 16.4. The van der Waals surface area contributed by atoms with E-state index in [0.717, 1.165) is 22.6 Å². The number of nitrogens with zero attached hydrogens (tertiary/aromatic N) is 1. The molecule has 2 aliphatic carbocycles. The third kappa shape index (κ3) is 5.17. The third-order valence-electron chi connectivity index (χ3n) is 4.98. The van der Waals surface area contributed by atoms with Gasteiger partial charge >= 0.3 is 37.9 Å². The van der Waals surface area contributed by atoms with E-state index in [2.05, 4.69) is 31.8 Å². The molecule has 0 aliphatic heterocycles. The molecule has 2 bridgehead atoms. The van der Waals surface area contributed by atoms with Crippen LogP contribution in [0.4, 0.5) is 0 Å². The predicted octanol–water partition coefficient (Wildman–Crippen LogP) is 4.92. The van der Waals surface area contributed by atoms with Gasteiger partial charge in [0.15, 0.2) is 0 Å². The Kier molecular flexibility index (Phi) is 7.40. The minimum absolute atomic E-state index is 0.457. The van der Waals surface area contributed by atoms with E-state index in [-0.39, 0.29) is 0 Å². The molecule has 2 fully saturated rings. The number of hydrogen-bond donors (Lipinski definition) is 1. The Hall–Kier alpha value is 0.370. The summed E-state index contributed by atoms with van der Waals surface area (Å²) < 4.78 is 0. The Morgan fingerprint density at radius 3 is 2.43 bits per heavy atom. The molecule has 0 amide bonds. The Bertz CT molecular complexity index is 562. The molecule has 0 radical (unpaired) electrons. The van der Waals surface area contributed by atoms with Gasteiger partial charge < -0.3 is 5.11 Å². The van der Waals surface area contributed by atoms with Crippen LogP contribution in [0.15, 0.2) is 23.2 Å². The number of aliphatic imine (C=N–C) groups is 1. The summed E-state index contributed by atoms with van der Waals surface area (Å²) in [6.07, 6.45) is 7.32. The van der Waals surface area contributed by atoms with Crippen LogP contribution >= 0.6 is 17.0 Å². The minimum atomic E-state index is -1.49. The predicted molar refractivity (Wildman–Crippen MR) is 99.6 cm³/mol. The maximum absolute atomic E-state index is 10.5. The van der Waals surface area contributed by atoms with E-state index in [0.29, 0.717) is 11.8 Å². The van der Waals surface area contributed by atoms with Crippen LogP contribution in [0.3, 0.4) is 0 Å². The van der Waals surface area contributed by atoms with Crippen molar-refractivity contribution in [3.63, 3.8) is 0 Å². The fourth-order valence-corrected chi connectivity index (χ4v) is 5.29. The Labute approximate surface area is 159 Å². The zero-order valence-corrected chi connectivity index (χ0v) is 19.0. The van der Waals surface area contributed by atoms with Gasteiger partial charge in [-0.3, -0.25) is 4.99 Å². The van der Waals surface area contributed by atoms with Gasteiger partial charge in [-0.15, -0.1) is 0 Å². The topological polar surface area (TPSA) is 32.6 Å². The Balaban J connectivity index is 0.000000595. The molecule has 2 nitrogen and oxygen atoms in total. The molecule has 2 saturated carbocycles. The molecule has 3 unspecified atom stereocenters. The summed E-state index contributed by atoms with van der Waals surface area (Å²) >= 11 is -0.826. The molecule has 2 aliphatic rings. The number of phenolic OH excluding ortho intramolecular Hbond substituents is 1. The van der Waals surface area contributed by atoms with Gasteiger partial charge in [0.05, 0.1) is 14.1 Å². The molecule has 3 atom stereocenters. The summed E-state index contributed by atoms with van der Waals surface area (Å²) in [4.78, 5) is 4.79. The van der Waals surface area contributed by atoms with Crippen LogP contribution in [-0.2, 0) is 20.8 Å². The van der Waals surface area contributed by atoms with Crippen LogP contribution in [0, 0.1) is 11.8 Å². The number of rotatable bonds is 3. The molecule has 0 aromatic heterocycles. The van der Waals surface area contributed by atoms with Crippen molar-refractivity contribution in [2.75, 3.05) is 0 Å². The number of para-hydroxylation sites is 1. The molecule has 23 heavy (non-hydrogen) atoms. The van der Waals surface area contributed by atoms with Crippen molar-refractivity contribution in [1.82, 2.24) is 0 Å². The quantitative estimate of drug-likeness (QED) is 0.516. The molecule has 0 heterocycles. The van der Waals surface area contributed by atoms with Crippen molar-refractivity contribution in [3.8, 4) is 5.75 Å².